The van der Waals surface area contributed by atoms with E-state index in [2.05, 4.69) is 18.9 Å². The number of hydrogen-bond donors (Lipinski definition) is 0. The second-order valence-corrected chi connectivity index (χ2v) is 6.83. The number of halogens is 2. The van der Waals surface area contributed by atoms with Gasteiger partial charge < -0.3 is 9.47 Å². The topological polar surface area (TPSA) is 40.2 Å². The SMILES string of the molecule is CCC[C@@H]1CO[C@](Cn2c[n+](CC)cn2)(c2ccc(Cl)cc2Cl)O1. The van der Waals surface area contributed by atoms with Gasteiger partial charge in [-0.3, -0.25) is 0 Å². The number of aryl methyl sites for hydroxylation is 1. The molecule has 5 nitrogen and oxygen atoms in total. The third kappa shape index (κ3) is 3.59. The molecule has 0 radical (unpaired) electrons. The van der Waals surface area contributed by atoms with Gasteiger partial charge in [0.1, 0.15) is 0 Å². The van der Waals surface area contributed by atoms with Crippen LogP contribution in [0.3, 0.4) is 0 Å². The molecule has 1 fully saturated rings. The quantitative estimate of drug-likeness (QED) is 0.729. The first-order chi connectivity index (χ1) is 11.6. The molecule has 2 aromatic rings. The number of benzene rings is 1. The van der Waals surface area contributed by atoms with Crippen molar-refractivity contribution in [3.63, 3.8) is 0 Å². The average Bonchev–Trinajstić information content (AvgIpc) is 3.16. The second kappa shape index (κ2) is 7.40. The maximum absolute atomic E-state index is 6.44. The average molecular weight is 371 g/mol. The molecule has 2 atom stereocenters. The number of aromatic nitrogens is 3. The highest BCUT2D eigenvalue weighted by molar-refractivity contribution is 6.35. The van der Waals surface area contributed by atoms with E-state index in [1.807, 2.05) is 21.6 Å². The Bertz CT molecular complexity index is 707. The van der Waals surface area contributed by atoms with Gasteiger partial charge in [0.2, 0.25) is 12.1 Å². The molecule has 1 aromatic carbocycles. The van der Waals surface area contributed by atoms with Crippen LogP contribution in [0, 0.1) is 0 Å². The summed E-state index contributed by atoms with van der Waals surface area (Å²) in [5.74, 6) is -0.945. The molecule has 2 heterocycles. The van der Waals surface area contributed by atoms with E-state index in [-0.39, 0.29) is 6.10 Å². The van der Waals surface area contributed by atoms with Crippen LogP contribution < -0.4 is 4.57 Å². The van der Waals surface area contributed by atoms with E-state index in [1.165, 1.54) is 0 Å². The van der Waals surface area contributed by atoms with Gasteiger partial charge >= 0.3 is 0 Å². The predicted molar refractivity (Wildman–Crippen MR) is 92.0 cm³/mol. The highest BCUT2D eigenvalue weighted by Gasteiger charge is 2.46. The van der Waals surface area contributed by atoms with Crippen LogP contribution >= 0.6 is 23.2 Å². The van der Waals surface area contributed by atoms with Gasteiger partial charge in [0.15, 0.2) is 6.54 Å². The zero-order valence-electron chi connectivity index (χ0n) is 13.9. The van der Waals surface area contributed by atoms with E-state index in [0.29, 0.717) is 23.2 Å². The molecule has 0 N–H and O–H groups in total. The molecule has 0 spiro atoms. The molecule has 0 saturated carbocycles. The van der Waals surface area contributed by atoms with Crippen molar-refractivity contribution >= 4 is 23.2 Å². The molecule has 7 heteroatoms. The van der Waals surface area contributed by atoms with Crippen LogP contribution in [0.2, 0.25) is 10.0 Å². The molecule has 0 aliphatic carbocycles. The van der Waals surface area contributed by atoms with Gasteiger partial charge in [0, 0.05) is 15.7 Å². The lowest BCUT2D eigenvalue weighted by Crippen LogP contribution is -2.35. The lowest BCUT2D eigenvalue weighted by Gasteiger charge is -2.27. The van der Waals surface area contributed by atoms with Gasteiger partial charge in [-0.2, -0.15) is 0 Å². The maximum Gasteiger partial charge on any atom is 0.265 e. The fourth-order valence-corrected chi connectivity index (χ4v) is 3.51. The summed E-state index contributed by atoms with van der Waals surface area (Å²) in [6, 6.07) is 5.39. The molecule has 0 amide bonds. The first kappa shape index (κ1) is 17.7. The Hall–Kier alpha value is -1.14. The van der Waals surface area contributed by atoms with Gasteiger partial charge in [-0.25, -0.2) is 4.57 Å². The first-order valence-electron chi connectivity index (χ1n) is 8.25. The van der Waals surface area contributed by atoms with Gasteiger partial charge in [0.25, 0.3) is 6.33 Å². The van der Waals surface area contributed by atoms with Crippen molar-refractivity contribution < 1.29 is 14.0 Å². The Labute approximate surface area is 152 Å². The summed E-state index contributed by atoms with van der Waals surface area (Å²) >= 11 is 12.5. The van der Waals surface area contributed by atoms with Crippen molar-refractivity contribution in [2.24, 2.45) is 0 Å². The summed E-state index contributed by atoms with van der Waals surface area (Å²) in [6.07, 6.45) is 5.76. The van der Waals surface area contributed by atoms with Gasteiger partial charge in [-0.15, -0.1) is 4.68 Å². The monoisotopic (exact) mass is 370 g/mol. The Balaban J connectivity index is 1.95. The second-order valence-electron chi connectivity index (χ2n) is 5.99. The van der Waals surface area contributed by atoms with E-state index in [1.54, 1.807) is 18.5 Å². The van der Waals surface area contributed by atoms with Crippen molar-refractivity contribution in [1.29, 1.82) is 0 Å². The molecule has 0 bridgehead atoms. The van der Waals surface area contributed by atoms with Crippen LogP contribution in [0.1, 0.15) is 32.3 Å². The van der Waals surface area contributed by atoms with Crippen LogP contribution in [0.15, 0.2) is 30.9 Å². The van der Waals surface area contributed by atoms with Crippen LogP contribution in [-0.4, -0.2) is 22.5 Å². The number of rotatable bonds is 6. The molecule has 3 rings (SSSR count). The minimum absolute atomic E-state index is 0.0515. The molecular weight excluding hydrogens is 349 g/mol. The zero-order valence-corrected chi connectivity index (χ0v) is 15.4. The molecule has 1 saturated heterocycles. The molecule has 0 unspecified atom stereocenters. The van der Waals surface area contributed by atoms with Crippen LogP contribution in [0.25, 0.3) is 0 Å². The third-order valence-electron chi connectivity index (χ3n) is 4.18. The normalized spacial score (nSPS) is 23.8. The number of ether oxygens (including phenoxy) is 2. The fraction of sp³-hybridized carbons (Fsp3) is 0.529. The van der Waals surface area contributed by atoms with Crippen LogP contribution in [0.4, 0.5) is 0 Å². The summed E-state index contributed by atoms with van der Waals surface area (Å²) in [4.78, 5) is 0. The Morgan fingerprint density at radius 3 is 2.88 bits per heavy atom. The van der Waals surface area contributed by atoms with Crippen molar-refractivity contribution in [3.8, 4) is 0 Å². The van der Waals surface area contributed by atoms with Crippen LogP contribution in [-0.2, 0) is 28.4 Å². The highest BCUT2D eigenvalue weighted by atomic mass is 35.5. The van der Waals surface area contributed by atoms with E-state index in [4.69, 9.17) is 32.7 Å². The zero-order chi connectivity index (χ0) is 17.2. The summed E-state index contributed by atoms with van der Waals surface area (Å²) in [5, 5.41) is 5.51. The Kier molecular flexibility index (Phi) is 5.45. The Morgan fingerprint density at radius 2 is 2.21 bits per heavy atom. The van der Waals surface area contributed by atoms with Gasteiger partial charge in [0.05, 0.1) is 24.3 Å². The van der Waals surface area contributed by atoms with Gasteiger partial charge in [-0.1, -0.05) is 42.6 Å². The molecule has 24 heavy (non-hydrogen) atoms. The minimum atomic E-state index is -0.945. The Morgan fingerprint density at radius 1 is 1.38 bits per heavy atom. The molecule has 1 aliphatic heterocycles. The predicted octanol–water partition coefficient (Wildman–Crippen LogP) is 3.57. The summed E-state index contributed by atoms with van der Waals surface area (Å²) < 4.78 is 16.3. The number of nitrogens with zero attached hydrogens (tertiary/aromatic N) is 3. The minimum Gasteiger partial charge on any atom is -0.341 e. The van der Waals surface area contributed by atoms with E-state index in [0.717, 1.165) is 24.9 Å². The van der Waals surface area contributed by atoms with E-state index >= 15 is 0 Å². The lowest BCUT2D eigenvalue weighted by atomic mass is 10.1. The van der Waals surface area contributed by atoms with Crippen LogP contribution in [0.5, 0.6) is 0 Å². The summed E-state index contributed by atoms with van der Waals surface area (Å²) in [7, 11) is 0. The highest BCUT2D eigenvalue weighted by Crippen LogP contribution is 2.41. The summed E-state index contributed by atoms with van der Waals surface area (Å²) in [5.41, 5.74) is 0.783. The van der Waals surface area contributed by atoms with Crippen molar-refractivity contribution in [2.75, 3.05) is 6.61 Å². The largest absolute Gasteiger partial charge is 0.341 e. The molecular formula is C17H22Cl2N3O2+. The van der Waals surface area contributed by atoms with Crippen molar-refractivity contribution in [3.05, 3.63) is 46.5 Å². The smallest absolute Gasteiger partial charge is 0.265 e. The number of hydrogen-bond acceptors (Lipinski definition) is 3. The first-order valence-corrected chi connectivity index (χ1v) is 9.00. The van der Waals surface area contributed by atoms with Gasteiger partial charge in [-0.05, 0) is 25.5 Å². The molecule has 130 valence electrons. The van der Waals surface area contributed by atoms with Crippen molar-refractivity contribution in [2.45, 2.75) is 51.7 Å². The van der Waals surface area contributed by atoms with Crippen molar-refractivity contribution in [1.82, 2.24) is 9.78 Å². The third-order valence-corrected chi connectivity index (χ3v) is 4.72. The van der Waals surface area contributed by atoms with E-state index in [9.17, 15) is 0 Å². The maximum atomic E-state index is 6.44. The summed E-state index contributed by atoms with van der Waals surface area (Å²) in [6.45, 7) is 6.03. The molecule has 1 aromatic heterocycles. The van der Waals surface area contributed by atoms with E-state index < -0.39 is 5.79 Å². The lowest BCUT2D eigenvalue weighted by molar-refractivity contribution is -0.694. The fourth-order valence-electron chi connectivity index (χ4n) is 2.96. The standard InChI is InChI=1S/C17H22Cl2N3O2/c1-3-5-14-9-23-17(24-14,10-22-12-21(4-2)11-20-22)15-7-6-13(18)8-16(15)19/h6-8,11-12,14H,3-5,9-10H2,1-2H3/q+1/t14-,17+/m1/s1. The molecule has 1 aliphatic rings.